The second kappa shape index (κ2) is 8.69. The molecule has 0 spiro atoms. The van der Waals surface area contributed by atoms with Crippen molar-refractivity contribution in [3.05, 3.63) is 65.1 Å². The first-order chi connectivity index (χ1) is 12.7. The molecule has 2 aromatic rings. The second-order valence-electron chi connectivity index (χ2n) is 5.72. The Morgan fingerprint density at radius 2 is 1.88 bits per heavy atom. The molecule has 0 atom stereocenters. The van der Waals surface area contributed by atoms with Crippen LogP contribution in [-0.2, 0) is 14.3 Å². The predicted octanol–water partition coefficient (Wildman–Crippen LogP) is 2.93. The van der Waals surface area contributed by atoms with Gasteiger partial charge in [0.05, 0.1) is 17.2 Å². The Bertz CT molecular complexity index is 821. The zero-order chi connectivity index (χ0) is 18.4. The number of hydrogen-bond donors (Lipinski definition) is 1. The maximum absolute atomic E-state index is 13.0. The molecule has 2 aromatic carbocycles. The zero-order valence-corrected chi connectivity index (χ0v) is 15.3. The molecule has 0 radical (unpaired) electrons. The van der Waals surface area contributed by atoms with Crippen LogP contribution in [0.2, 0.25) is 0 Å². The number of benzene rings is 2. The van der Waals surface area contributed by atoms with E-state index >= 15 is 0 Å². The van der Waals surface area contributed by atoms with Gasteiger partial charge in [0, 0.05) is 18.6 Å². The summed E-state index contributed by atoms with van der Waals surface area (Å²) in [4.78, 5) is 28.3. The van der Waals surface area contributed by atoms with Gasteiger partial charge in [0.15, 0.2) is 0 Å². The molecule has 5 nitrogen and oxygen atoms in total. The molecule has 0 saturated heterocycles. The number of ether oxygens (including phenoxy) is 1. The topological polar surface area (TPSA) is 58.6 Å². The molecule has 6 heteroatoms. The Hall–Kier alpha value is -2.57. The number of methoxy groups -OCH3 is 1. The van der Waals surface area contributed by atoms with Crippen LogP contribution in [0.15, 0.2) is 64.4 Å². The maximum Gasteiger partial charge on any atom is 0.265 e. The molecular weight excluding hydrogens is 348 g/mol. The van der Waals surface area contributed by atoms with Crippen molar-refractivity contribution in [2.45, 2.75) is 4.90 Å². The van der Waals surface area contributed by atoms with Crippen molar-refractivity contribution in [3.63, 3.8) is 0 Å². The number of carbonyl (C=O) groups is 2. The van der Waals surface area contributed by atoms with Gasteiger partial charge in [0.2, 0.25) is 5.91 Å². The van der Waals surface area contributed by atoms with Gasteiger partial charge in [-0.3, -0.25) is 14.5 Å². The van der Waals surface area contributed by atoms with Crippen LogP contribution < -0.4 is 10.2 Å². The summed E-state index contributed by atoms with van der Waals surface area (Å²) in [6, 6.07) is 17.3. The van der Waals surface area contributed by atoms with Gasteiger partial charge in [-0.1, -0.05) is 54.2 Å². The summed E-state index contributed by atoms with van der Waals surface area (Å²) in [7, 11) is 1.58. The highest BCUT2D eigenvalue weighted by molar-refractivity contribution is 8.04. The smallest absolute Gasteiger partial charge is 0.265 e. The molecule has 1 heterocycles. The van der Waals surface area contributed by atoms with E-state index in [4.69, 9.17) is 4.74 Å². The lowest BCUT2D eigenvalue weighted by Gasteiger charge is -2.29. The molecule has 0 unspecified atom stereocenters. The van der Waals surface area contributed by atoms with Crippen LogP contribution >= 0.6 is 11.8 Å². The maximum atomic E-state index is 13.0. The molecule has 1 aliphatic rings. The molecular formula is C20H20N2O3S. The highest BCUT2D eigenvalue weighted by Gasteiger charge is 2.30. The summed E-state index contributed by atoms with van der Waals surface area (Å²) in [5.41, 5.74) is 1.71. The molecule has 1 aliphatic heterocycles. The first kappa shape index (κ1) is 18.2. The van der Waals surface area contributed by atoms with Gasteiger partial charge in [0.25, 0.3) is 5.91 Å². The van der Waals surface area contributed by atoms with E-state index in [0.29, 0.717) is 18.1 Å². The number of carbonyl (C=O) groups excluding carboxylic acids is 2. The highest BCUT2D eigenvalue weighted by Crippen LogP contribution is 2.41. The Kier molecular flexibility index (Phi) is 6.09. The number of anilines is 1. The minimum Gasteiger partial charge on any atom is -0.383 e. The van der Waals surface area contributed by atoms with Gasteiger partial charge < -0.3 is 10.1 Å². The van der Waals surface area contributed by atoms with Crippen molar-refractivity contribution in [1.82, 2.24) is 5.32 Å². The first-order valence-corrected chi connectivity index (χ1v) is 9.12. The molecule has 26 heavy (non-hydrogen) atoms. The summed E-state index contributed by atoms with van der Waals surface area (Å²) < 4.78 is 4.94. The van der Waals surface area contributed by atoms with Crippen LogP contribution in [0.1, 0.15) is 5.56 Å². The fourth-order valence-corrected chi connectivity index (χ4v) is 3.67. The second-order valence-corrected chi connectivity index (χ2v) is 6.81. The van der Waals surface area contributed by atoms with E-state index in [0.717, 1.165) is 16.1 Å². The molecule has 1 N–H and O–H groups in total. The third kappa shape index (κ3) is 4.33. The summed E-state index contributed by atoms with van der Waals surface area (Å²) in [5.74, 6) is -0.379. The predicted molar refractivity (Wildman–Crippen MR) is 104 cm³/mol. The Balaban J connectivity index is 1.86. The number of hydrogen-bond acceptors (Lipinski definition) is 4. The van der Waals surface area contributed by atoms with Crippen molar-refractivity contribution >= 4 is 35.3 Å². The number of amides is 2. The molecule has 134 valence electrons. The number of nitrogens with zero attached hydrogens (tertiary/aromatic N) is 1. The fourth-order valence-electron chi connectivity index (χ4n) is 2.61. The minimum absolute atomic E-state index is 0.0216. The lowest BCUT2D eigenvalue weighted by Crippen LogP contribution is -2.43. The largest absolute Gasteiger partial charge is 0.383 e. The number of para-hydroxylation sites is 1. The summed E-state index contributed by atoms with van der Waals surface area (Å²) in [6.45, 7) is 0.831. The van der Waals surface area contributed by atoms with Gasteiger partial charge >= 0.3 is 0 Å². The van der Waals surface area contributed by atoms with Gasteiger partial charge in [-0.2, -0.15) is 0 Å². The van der Waals surface area contributed by atoms with Crippen LogP contribution in [0.5, 0.6) is 0 Å². The average molecular weight is 368 g/mol. The van der Waals surface area contributed by atoms with Crippen molar-refractivity contribution in [3.8, 4) is 0 Å². The Morgan fingerprint density at radius 3 is 2.65 bits per heavy atom. The molecule has 2 amide bonds. The quantitative estimate of drug-likeness (QED) is 0.629. The van der Waals surface area contributed by atoms with E-state index < -0.39 is 0 Å². The van der Waals surface area contributed by atoms with E-state index in [1.807, 2.05) is 60.7 Å². The van der Waals surface area contributed by atoms with E-state index in [1.165, 1.54) is 16.7 Å². The van der Waals surface area contributed by atoms with E-state index in [-0.39, 0.29) is 18.4 Å². The van der Waals surface area contributed by atoms with Crippen LogP contribution in [0, 0.1) is 0 Å². The van der Waals surface area contributed by atoms with Gasteiger partial charge in [-0.15, -0.1) is 0 Å². The van der Waals surface area contributed by atoms with Gasteiger partial charge in [-0.05, 0) is 23.8 Å². The highest BCUT2D eigenvalue weighted by atomic mass is 32.2. The number of fused-ring (bicyclic) bond motifs is 1. The summed E-state index contributed by atoms with van der Waals surface area (Å²) in [5, 5.41) is 2.76. The van der Waals surface area contributed by atoms with Crippen LogP contribution in [0.3, 0.4) is 0 Å². The van der Waals surface area contributed by atoms with Crippen LogP contribution in [0.25, 0.3) is 6.08 Å². The third-order valence-electron chi connectivity index (χ3n) is 3.86. The van der Waals surface area contributed by atoms with Crippen LogP contribution in [-0.4, -0.2) is 38.6 Å². The molecule has 0 aromatic heterocycles. The summed E-state index contributed by atoms with van der Waals surface area (Å²) in [6.07, 6.45) is 1.86. The van der Waals surface area contributed by atoms with E-state index in [1.54, 1.807) is 7.11 Å². The van der Waals surface area contributed by atoms with Crippen molar-refractivity contribution in [2.75, 3.05) is 31.7 Å². The average Bonchev–Trinajstić information content (AvgIpc) is 2.66. The van der Waals surface area contributed by atoms with Gasteiger partial charge in [0.1, 0.15) is 6.54 Å². The van der Waals surface area contributed by atoms with Crippen LogP contribution in [0.4, 0.5) is 5.69 Å². The molecule has 0 fully saturated rings. The van der Waals surface area contributed by atoms with Crippen molar-refractivity contribution < 1.29 is 14.3 Å². The first-order valence-electron chi connectivity index (χ1n) is 8.30. The lowest BCUT2D eigenvalue weighted by atomic mass is 10.2. The standard InChI is InChI=1S/C20H20N2O3S/c1-25-12-11-21-19(23)14-22-16-9-5-6-10-17(16)26-18(20(22)24)13-15-7-3-2-4-8-15/h2-10,13H,11-12,14H2,1H3,(H,21,23). The molecule has 0 aliphatic carbocycles. The Labute approximate surface area is 157 Å². The summed E-state index contributed by atoms with van der Waals surface area (Å²) >= 11 is 1.43. The Morgan fingerprint density at radius 1 is 1.15 bits per heavy atom. The number of nitrogens with one attached hydrogen (secondary N) is 1. The molecule has 3 rings (SSSR count). The zero-order valence-electron chi connectivity index (χ0n) is 14.5. The van der Waals surface area contributed by atoms with Gasteiger partial charge in [-0.25, -0.2) is 0 Å². The monoisotopic (exact) mass is 368 g/mol. The van der Waals surface area contributed by atoms with Crippen molar-refractivity contribution in [1.29, 1.82) is 0 Å². The molecule has 0 saturated carbocycles. The minimum atomic E-state index is -0.212. The third-order valence-corrected chi connectivity index (χ3v) is 4.94. The normalized spacial score (nSPS) is 15.0. The SMILES string of the molecule is COCCNC(=O)CN1C(=O)C(=Cc2ccccc2)Sc2ccccc21. The fraction of sp³-hybridized carbons (Fsp3) is 0.200. The number of thioether (sulfide) groups is 1. The van der Waals surface area contributed by atoms with Crippen molar-refractivity contribution in [2.24, 2.45) is 0 Å². The molecule has 0 bridgehead atoms. The van der Waals surface area contributed by atoms with E-state index in [2.05, 4.69) is 5.32 Å². The van der Waals surface area contributed by atoms with E-state index in [9.17, 15) is 9.59 Å². The lowest BCUT2D eigenvalue weighted by molar-refractivity contribution is -0.122. The number of rotatable bonds is 6.